The van der Waals surface area contributed by atoms with E-state index in [-0.39, 0.29) is 12.4 Å². The summed E-state index contributed by atoms with van der Waals surface area (Å²) in [6.45, 7) is 1.47. The summed E-state index contributed by atoms with van der Waals surface area (Å²) >= 11 is 4.41. The van der Waals surface area contributed by atoms with Crippen molar-refractivity contribution in [1.82, 2.24) is 9.97 Å². The lowest BCUT2D eigenvalue weighted by Gasteiger charge is -2.11. The number of thiophene rings is 1. The van der Waals surface area contributed by atoms with Gasteiger partial charge in [-0.2, -0.15) is 13.2 Å². The molecule has 0 amide bonds. The third-order valence-corrected chi connectivity index (χ3v) is 3.97. The Morgan fingerprint density at radius 3 is 2.67 bits per heavy atom. The highest BCUT2D eigenvalue weighted by atomic mass is 79.9. The van der Waals surface area contributed by atoms with Gasteiger partial charge in [0, 0.05) is 6.20 Å². The van der Waals surface area contributed by atoms with E-state index in [2.05, 4.69) is 30.6 Å². The molecule has 0 unspecified atom stereocenters. The minimum Gasteiger partial charge on any atom is -0.462 e. The summed E-state index contributed by atoms with van der Waals surface area (Å²) in [6.07, 6.45) is -3.93. The lowest BCUT2D eigenvalue weighted by Crippen LogP contribution is -2.18. The molecule has 0 saturated heterocycles. The van der Waals surface area contributed by atoms with Gasteiger partial charge in [0.25, 0.3) is 0 Å². The maximum Gasteiger partial charge on any atom is 0.434 e. The summed E-state index contributed by atoms with van der Waals surface area (Å²) < 4.78 is 44.5. The summed E-state index contributed by atoms with van der Waals surface area (Å²) in [5, 5.41) is 0. The van der Waals surface area contributed by atoms with Crippen molar-refractivity contribution >= 4 is 33.2 Å². The van der Waals surface area contributed by atoms with Gasteiger partial charge >= 0.3 is 12.1 Å². The number of nitrogens with zero attached hydrogens (tertiary/aromatic N) is 2. The Morgan fingerprint density at radius 1 is 1.43 bits per heavy atom. The van der Waals surface area contributed by atoms with E-state index in [1.54, 1.807) is 12.1 Å². The first kappa shape index (κ1) is 15.9. The zero-order valence-electron chi connectivity index (χ0n) is 10.6. The van der Waals surface area contributed by atoms with Crippen molar-refractivity contribution in [3.05, 3.63) is 33.4 Å². The van der Waals surface area contributed by atoms with Crippen molar-refractivity contribution < 1.29 is 22.7 Å². The maximum absolute atomic E-state index is 13.0. The molecule has 2 aromatic rings. The van der Waals surface area contributed by atoms with Crippen LogP contribution in [0.2, 0.25) is 0 Å². The largest absolute Gasteiger partial charge is 0.462 e. The van der Waals surface area contributed by atoms with Crippen LogP contribution in [0.15, 0.2) is 22.1 Å². The highest BCUT2D eigenvalue weighted by Gasteiger charge is 2.38. The van der Waals surface area contributed by atoms with Crippen LogP contribution in [0.25, 0.3) is 10.7 Å². The Labute approximate surface area is 130 Å². The van der Waals surface area contributed by atoms with Gasteiger partial charge in [-0.05, 0) is 35.0 Å². The monoisotopic (exact) mass is 380 g/mol. The summed E-state index contributed by atoms with van der Waals surface area (Å²) in [5.74, 6) is -1.19. The van der Waals surface area contributed by atoms with E-state index < -0.39 is 23.4 Å². The lowest BCUT2D eigenvalue weighted by molar-refractivity contribution is -0.141. The Kier molecular flexibility index (Phi) is 4.62. The van der Waals surface area contributed by atoms with Gasteiger partial charge in [-0.25, -0.2) is 14.8 Å². The summed E-state index contributed by atoms with van der Waals surface area (Å²) in [5.41, 5.74) is -1.99. The van der Waals surface area contributed by atoms with Crippen LogP contribution in [0.3, 0.4) is 0 Å². The van der Waals surface area contributed by atoms with E-state index in [1.165, 1.54) is 18.3 Å². The number of carbonyl (C=O) groups is 1. The molecule has 4 nitrogen and oxygen atoms in total. The zero-order valence-corrected chi connectivity index (χ0v) is 13.0. The molecule has 2 aromatic heterocycles. The van der Waals surface area contributed by atoms with Crippen LogP contribution in [-0.2, 0) is 10.9 Å². The molecule has 0 aromatic carbocycles. The highest BCUT2D eigenvalue weighted by molar-refractivity contribution is 9.11. The molecule has 2 rings (SSSR count). The van der Waals surface area contributed by atoms with Gasteiger partial charge in [0.2, 0.25) is 0 Å². The number of esters is 1. The van der Waals surface area contributed by atoms with Crippen molar-refractivity contribution in [3.8, 4) is 10.7 Å². The normalized spacial score (nSPS) is 11.5. The van der Waals surface area contributed by atoms with Gasteiger partial charge in [0.1, 0.15) is 5.56 Å². The Bertz CT molecular complexity index is 673. The van der Waals surface area contributed by atoms with Gasteiger partial charge in [0.05, 0.1) is 15.3 Å². The van der Waals surface area contributed by atoms with Crippen LogP contribution < -0.4 is 0 Å². The second-order valence-electron chi connectivity index (χ2n) is 3.78. The van der Waals surface area contributed by atoms with Crippen molar-refractivity contribution in [3.63, 3.8) is 0 Å². The van der Waals surface area contributed by atoms with E-state index >= 15 is 0 Å². The fourth-order valence-electron chi connectivity index (χ4n) is 1.51. The second-order valence-corrected chi connectivity index (χ2v) is 6.24. The molecule has 0 radical (unpaired) electrons. The molecule has 0 spiro atoms. The number of aromatic nitrogens is 2. The SMILES string of the molecule is CCOC(=O)c1cnc(-c2ccc(Br)s2)nc1C(F)(F)F. The molecule has 112 valence electrons. The van der Waals surface area contributed by atoms with Crippen LogP contribution in [-0.4, -0.2) is 22.5 Å². The van der Waals surface area contributed by atoms with E-state index in [4.69, 9.17) is 0 Å². The number of rotatable bonds is 3. The van der Waals surface area contributed by atoms with Gasteiger partial charge in [-0.3, -0.25) is 0 Å². The highest BCUT2D eigenvalue weighted by Crippen LogP contribution is 2.34. The number of ether oxygens (including phenoxy) is 1. The fourth-order valence-corrected chi connectivity index (χ4v) is 2.84. The van der Waals surface area contributed by atoms with Crippen LogP contribution >= 0.6 is 27.3 Å². The first-order valence-electron chi connectivity index (χ1n) is 5.70. The van der Waals surface area contributed by atoms with Crippen molar-refractivity contribution in [2.75, 3.05) is 6.61 Å². The fraction of sp³-hybridized carbons (Fsp3) is 0.250. The third kappa shape index (κ3) is 3.59. The number of hydrogen-bond acceptors (Lipinski definition) is 5. The minimum absolute atomic E-state index is 0.0320. The first-order valence-corrected chi connectivity index (χ1v) is 7.31. The maximum atomic E-state index is 13.0. The standard InChI is InChI=1S/C12H8BrF3N2O2S/c1-2-20-11(19)6-5-17-10(7-3-4-8(13)21-7)18-9(6)12(14,15)16/h3-5H,2H2,1H3. The van der Waals surface area contributed by atoms with E-state index in [9.17, 15) is 18.0 Å². The third-order valence-electron chi connectivity index (χ3n) is 2.35. The van der Waals surface area contributed by atoms with E-state index in [0.717, 1.165) is 9.98 Å². The lowest BCUT2D eigenvalue weighted by atomic mass is 10.2. The molecule has 0 aliphatic heterocycles. The molecule has 0 fully saturated rings. The van der Waals surface area contributed by atoms with Gasteiger partial charge in [-0.15, -0.1) is 11.3 Å². The summed E-state index contributed by atoms with van der Waals surface area (Å²) in [6, 6.07) is 3.27. The molecule has 0 saturated carbocycles. The number of carbonyl (C=O) groups excluding carboxylic acids is 1. The van der Waals surface area contributed by atoms with Crippen molar-refractivity contribution in [1.29, 1.82) is 0 Å². The van der Waals surface area contributed by atoms with Gasteiger partial charge < -0.3 is 4.74 Å². The van der Waals surface area contributed by atoms with Gasteiger partial charge in [-0.1, -0.05) is 0 Å². The van der Waals surface area contributed by atoms with E-state index in [1.807, 2.05) is 0 Å². The molecule has 9 heteroatoms. The van der Waals surface area contributed by atoms with Gasteiger partial charge in [0.15, 0.2) is 11.5 Å². The summed E-state index contributed by atoms with van der Waals surface area (Å²) in [4.78, 5) is 19.3. The molecule has 0 bridgehead atoms. The Balaban J connectivity index is 2.52. The predicted molar refractivity (Wildman–Crippen MR) is 74.0 cm³/mol. The zero-order chi connectivity index (χ0) is 15.6. The Hall–Kier alpha value is -1.48. The topological polar surface area (TPSA) is 52.1 Å². The van der Waals surface area contributed by atoms with Crippen molar-refractivity contribution in [2.24, 2.45) is 0 Å². The summed E-state index contributed by atoms with van der Waals surface area (Å²) in [7, 11) is 0. The molecule has 0 aliphatic rings. The van der Waals surface area contributed by atoms with Crippen LogP contribution in [0.1, 0.15) is 23.0 Å². The predicted octanol–water partition coefficient (Wildman–Crippen LogP) is 4.16. The minimum atomic E-state index is -4.77. The molecular weight excluding hydrogens is 373 g/mol. The van der Waals surface area contributed by atoms with Crippen LogP contribution in [0.5, 0.6) is 0 Å². The molecular formula is C12H8BrF3N2O2S. The quantitative estimate of drug-likeness (QED) is 0.750. The second kappa shape index (κ2) is 6.10. The number of alkyl halides is 3. The number of halogens is 4. The van der Waals surface area contributed by atoms with E-state index in [0.29, 0.717) is 4.88 Å². The Morgan fingerprint density at radius 2 is 2.14 bits per heavy atom. The molecule has 0 aliphatic carbocycles. The van der Waals surface area contributed by atoms with Crippen LogP contribution in [0.4, 0.5) is 13.2 Å². The molecule has 0 N–H and O–H groups in total. The average molecular weight is 381 g/mol. The smallest absolute Gasteiger partial charge is 0.434 e. The average Bonchev–Trinajstić information content (AvgIpc) is 2.84. The molecule has 21 heavy (non-hydrogen) atoms. The first-order chi connectivity index (χ1) is 9.82. The number of hydrogen-bond donors (Lipinski definition) is 0. The molecule has 0 atom stereocenters. The van der Waals surface area contributed by atoms with Crippen molar-refractivity contribution in [2.45, 2.75) is 13.1 Å². The molecule has 2 heterocycles. The van der Waals surface area contributed by atoms with Crippen LogP contribution in [0, 0.1) is 0 Å².